The maximum absolute atomic E-state index is 12.6. The van der Waals surface area contributed by atoms with Crippen molar-refractivity contribution in [1.29, 1.82) is 0 Å². The molecule has 0 spiro atoms. The monoisotopic (exact) mass is 350 g/mol. The highest BCUT2D eigenvalue weighted by molar-refractivity contribution is 5.81. The summed E-state index contributed by atoms with van der Waals surface area (Å²) >= 11 is 0. The minimum Gasteiger partial charge on any atom is -0.466 e. The minimum atomic E-state index is -1.03. The summed E-state index contributed by atoms with van der Waals surface area (Å²) in [6, 6.07) is -0.351. The molecule has 3 rings (SSSR count). The van der Waals surface area contributed by atoms with Crippen LogP contribution in [0.1, 0.15) is 33.2 Å². The van der Waals surface area contributed by atoms with Crippen molar-refractivity contribution in [2.24, 2.45) is 5.92 Å². The van der Waals surface area contributed by atoms with Crippen molar-refractivity contribution < 1.29 is 19.0 Å². The van der Waals surface area contributed by atoms with E-state index in [9.17, 15) is 4.79 Å². The molecule has 2 N–H and O–H groups in total. The third-order valence-electron chi connectivity index (χ3n) is 4.27. The third kappa shape index (κ3) is 2.81. The first-order chi connectivity index (χ1) is 12.1. The van der Waals surface area contributed by atoms with Crippen molar-refractivity contribution >= 4 is 23.0 Å². The number of hydrogen-bond acceptors (Lipinski definition) is 9. The van der Waals surface area contributed by atoms with E-state index in [4.69, 9.17) is 19.9 Å². The number of nitrogens with two attached hydrogens (primary N) is 1. The second-order valence-corrected chi connectivity index (χ2v) is 5.64. The quantitative estimate of drug-likeness (QED) is 0.566. The van der Waals surface area contributed by atoms with E-state index < -0.39 is 17.7 Å². The van der Waals surface area contributed by atoms with Crippen LogP contribution in [0, 0.1) is 5.92 Å². The van der Waals surface area contributed by atoms with Gasteiger partial charge in [-0.2, -0.15) is 0 Å². The Labute approximate surface area is 144 Å². The molecule has 0 saturated heterocycles. The zero-order valence-electron chi connectivity index (χ0n) is 14.5. The fourth-order valence-electron chi connectivity index (χ4n) is 3.30. The smallest absolute Gasteiger partial charge is 0.316 e. The van der Waals surface area contributed by atoms with Crippen molar-refractivity contribution in [3.63, 3.8) is 0 Å². The predicted molar refractivity (Wildman–Crippen MR) is 87.3 cm³/mol. The Kier molecular flexibility index (Phi) is 4.82. The molecule has 0 aliphatic heterocycles. The number of anilines is 1. The van der Waals surface area contributed by atoms with Gasteiger partial charge in [0.2, 0.25) is 0 Å². The number of carbonyl (C=O) groups is 1. The van der Waals surface area contributed by atoms with Gasteiger partial charge >= 0.3 is 5.97 Å². The molecule has 2 aromatic rings. The molecule has 1 saturated carbocycles. The second-order valence-electron chi connectivity index (χ2n) is 5.64. The van der Waals surface area contributed by atoms with Crippen molar-refractivity contribution in [1.82, 2.24) is 25.0 Å². The molecule has 1 aliphatic rings. The number of nitrogens with zero attached hydrogens (tertiary/aromatic N) is 5. The van der Waals surface area contributed by atoms with Gasteiger partial charge in [-0.1, -0.05) is 5.21 Å². The van der Waals surface area contributed by atoms with Gasteiger partial charge in [0.1, 0.15) is 12.2 Å². The van der Waals surface area contributed by atoms with Crippen molar-refractivity contribution in [3.8, 4) is 0 Å². The average Bonchev–Trinajstić information content (AvgIpc) is 2.98. The molecule has 0 bridgehead atoms. The lowest BCUT2D eigenvalue weighted by Gasteiger charge is -2.51. The van der Waals surface area contributed by atoms with Gasteiger partial charge < -0.3 is 19.9 Å². The Morgan fingerprint density at radius 3 is 2.64 bits per heavy atom. The van der Waals surface area contributed by atoms with Crippen LogP contribution < -0.4 is 5.73 Å². The lowest BCUT2D eigenvalue weighted by Crippen LogP contribution is -2.61. The predicted octanol–water partition coefficient (Wildman–Crippen LogP) is 0.697. The molecule has 0 radical (unpaired) electrons. The fourth-order valence-corrected chi connectivity index (χ4v) is 3.30. The molecule has 0 aromatic carbocycles. The van der Waals surface area contributed by atoms with Crippen LogP contribution in [0.2, 0.25) is 0 Å². The number of rotatable bonds is 7. The second kappa shape index (κ2) is 6.89. The molecule has 1 aliphatic carbocycles. The summed E-state index contributed by atoms with van der Waals surface area (Å²) < 4.78 is 18.4. The van der Waals surface area contributed by atoms with E-state index in [1.807, 2.05) is 13.8 Å². The highest BCUT2D eigenvalue weighted by Gasteiger charge is 2.62. The summed E-state index contributed by atoms with van der Waals surface area (Å²) in [5.41, 5.74) is 6.68. The summed E-state index contributed by atoms with van der Waals surface area (Å²) in [7, 11) is 0. The molecule has 136 valence electrons. The maximum atomic E-state index is 12.6. The Bertz CT molecular complexity index is 758. The van der Waals surface area contributed by atoms with E-state index in [1.54, 1.807) is 11.6 Å². The molecular weight excluding hydrogens is 328 g/mol. The lowest BCUT2D eigenvalue weighted by atomic mass is 9.72. The molecule has 1 fully saturated rings. The summed E-state index contributed by atoms with van der Waals surface area (Å²) in [5.74, 6) is -1.86. The van der Waals surface area contributed by atoms with Crippen molar-refractivity contribution in [3.05, 3.63) is 6.33 Å². The molecule has 10 nitrogen and oxygen atoms in total. The molecule has 10 heteroatoms. The zero-order chi connectivity index (χ0) is 18.0. The summed E-state index contributed by atoms with van der Waals surface area (Å²) in [5, 5.41) is 8.15. The Morgan fingerprint density at radius 2 is 2.00 bits per heavy atom. The van der Waals surface area contributed by atoms with Gasteiger partial charge in [0.05, 0.1) is 12.6 Å². The number of nitrogen functional groups attached to an aromatic ring is 1. The van der Waals surface area contributed by atoms with Gasteiger partial charge in [0.25, 0.3) is 0 Å². The fraction of sp³-hybridized carbons (Fsp3) is 0.667. The standard InChI is InChI=1S/C15H22N6O4/c1-4-23-14(22)10-9(7-15(10,24-5-2)25-6-3)21-13-11(19-20-21)12(16)17-8-18-13/h8-10H,4-7H2,1-3H3,(H2,16,17,18). The SMILES string of the molecule is CCOC(=O)C1C(n2nnc3c(N)ncnc32)CC1(OCC)OCC. The number of ether oxygens (including phenoxy) is 3. The van der Waals surface area contributed by atoms with Gasteiger partial charge in [0, 0.05) is 19.6 Å². The number of aromatic nitrogens is 5. The summed E-state index contributed by atoms with van der Waals surface area (Å²) in [4.78, 5) is 20.7. The molecule has 25 heavy (non-hydrogen) atoms. The van der Waals surface area contributed by atoms with Crippen LogP contribution in [0.5, 0.6) is 0 Å². The van der Waals surface area contributed by atoms with Crippen LogP contribution in [0.4, 0.5) is 5.82 Å². The van der Waals surface area contributed by atoms with Crippen LogP contribution >= 0.6 is 0 Å². The Balaban J connectivity index is 2.00. The highest BCUT2D eigenvalue weighted by Crippen LogP contribution is 2.51. The van der Waals surface area contributed by atoms with E-state index in [-0.39, 0.29) is 18.5 Å². The van der Waals surface area contributed by atoms with E-state index in [0.29, 0.717) is 30.8 Å². The van der Waals surface area contributed by atoms with Crippen molar-refractivity contribution in [2.45, 2.75) is 39.0 Å². The van der Waals surface area contributed by atoms with E-state index >= 15 is 0 Å². The third-order valence-corrected chi connectivity index (χ3v) is 4.27. The summed E-state index contributed by atoms with van der Waals surface area (Å²) in [6.45, 7) is 6.56. The van der Waals surface area contributed by atoms with Crippen LogP contribution in [-0.4, -0.2) is 56.5 Å². The van der Waals surface area contributed by atoms with Crippen LogP contribution in [0.3, 0.4) is 0 Å². The molecule has 2 atom stereocenters. The zero-order valence-corrected chi connectivity index (χ0v) is 14.5. The maximum Gasteiger partial charge on any atom is 0.316 e. The topological polar surface area (TPSA) is 127 Å². The van der Waals surface area contributed by atoms with Gasteiger partial charge in [-0.05, 0) is 20.8 Å². The molecule has 2 aromatic heterocycles. The van der Waals surface area contributed by atoms with E-state index in [1.165, 1.54) is 6.33 Å². The molecule has 0 amide bonds. The van der Waals surface area contributed by atoms with Crippen molar-refractivity contribution in [2.75, 3.05) is 25.6 Å². The number of hydrogen-bond donors (Lipinski definition) is 1. The first-order valence-electron chi connectivity index (χ1n) is 8.33. The van der Waals surface area contributed by atoms with E-state index in [0.717, 1.165) is 0 Å². The molecule has 2 unspecified atom stereocenters. The van der Waals surface area contributed by atoms with Gasteiger partial charge in [-0.3, -0.25) is 4.79 Å². The minimum absolute atomic E-state index is 0.240. The number of carbonyl (C=O) groups excluding carboxylic acids is 1. The Hall–Kier alpha value is -2.33. The molecular formula is C15H22N6O4. The van der Waals surface area contributed by atoms with Gasteiger partial charge in [-0.25, -0.2) is 14.6 Å². The van der Waals surface area contributed by atoms with Crippen LogP contribution in [0.25, 0.3) is 11.2 Å². The lowest BCUT2D eigenvalue weighted by molar-refractivity contribution is -0.320. The van der Waals surface area contributed by atoms with E-state index in [2.05, 4.69) is 20.3 Å². The highest BCUT2D eigenvalue weighted by atomic mass is 16.7. The largest absolute Gasteiger partial charge is 0.466 e. The normalized spacial score (nSPS) is 21.9. The first-order valence-corrected chi connectivity index (χ1v) is 8.33. The van der Waals surface area contributed by atoms with Gasteiger partial charge in [0.15, 0.2) is 22.8 Å². The number of esters is 1. The molecule has 2 heterocycles. The number of fused-ring (bicyclic) bond motifs is 1. The van der Waals surface area contributed by atoms with Crippen LogP contribution in [0.15, 0.2) is 6.33 Å². The average molecular weight is 350 g/mol. The summed E-state index contributed by atoms with van der Waals surface area (Å²) in [6.07, 6.45) is 1.77. The van der Waals surface area contributed by atoms with Gasteiger partial charge in [-0.15, -0.1) is 5.10 Å². The Morgan fingerprint density at radius 1 is 1.28 bits per heavy atom. The van der Waals surface area contributed by atoms with Crippen LogP contribution in [-0.2, 0) is 19.0 Å². The first kappa shape index (κ1) is 17.5.